The van der Waals surface area contributed by atoms with Crippen molar-refractivity contribution in [2.45, 2.75) is 24.8 Å². The Balaban J connectivity index is 2.20. The molecule has 0 saturated carbocycles. The molecule has 0 aliphatic heterocycles. The summed E-state index contributed by atoms with van der Waals surface area (Å²) in [5.41, 5.74) is 1.46. The standard InChI is InChI=1S/C17H19NO3S/c1-3-17(19)15-9-11-16(12-10-15)22(20,21)18(2)13-14-7-5-4-6-8-14/h4-12H,3,13H2,1-2H3. The van der Waals surface area contributed by atoms with Crippen molar-refractivity contribution in [3.05, 3.63) is 65.7 Å². The molecule has 0 fully saturated rings. The van der Waals surface area contributed by atoms with Gasteiger partial charge in [0.15, 0.2) is 5.78 Å². The molecule has 2 aromatic rings. The maximum atomic E-state index is 12.5. The minimum absolute atomic E-state index is 0.00147. The van der Waals surface area contributed by atoms with Crippen LogP contribution >= 0.6 is 0 Å². The first kappa shape index (κ1) is 16.4. The fraction of sp³-hybridized carbons (Fsp3) is 0.235. The molecule has 0 bridgehead atoms. The number of ketones is 1. The third-order valence-corrected chi connectivity index (χ3v) is 5.27. The van der Waals surface area contributed by atoms with E-state index in [-0.39, 0.29) is 10.7 Å². The molecule has 0 N–H and O–H groups in total. The fourth-order valence-corrected chi connectivity index (χ4v) is 3.28. The van der Waals surface area contributed by atoms with Crippen molar-refractivity contribution in [2.75, 3.05) is 7.05 Å². The van der Waals surface area contributed by atoms with Gasteiger partial charge in [-0.3, -0.25) is 4.79 Å². The Labute approximate surface area is 131 Å². The molecule has 0 saturated heterocycles. The largest absolute Gasteiger partial charge is 0.294 e. The second kappa shape index (κ2) is 6.85. The summed E-state index contributed by atoms with van der Waals surface area (Å²) in [7, 11) is -2.02. The molecule has 0 aromatic heterocycles. The highest BCUT2D eigenvalue weighted by Gasteiger charge is 2.21. The fourth-order valence-electron chi connectivity index (χ4n) is 2.12. The van der Waals surface area contributed by atoms with E-state index in [9.17, 15) is 13.2 Å². The van der Waals surface area contributed by atoms with Crippen molar-refractivity contribution in [3.63, 3.8) is 0 Å². The summed E-state index contributed by atoms with van der Waals surface area (Å²) in [5, 5.41) is 0. The maximum absolute atomic E-state index is 12.5. The van der Waals surface area contributed by atoms with Crippen LogP contribution in [0.5, 0.6) is 0 Å². The van der Waals surface area contributed by atoms with E-state index >= 15 is 0 Å². The number of Topliss-reactive ketones (excluding diaryl/α,β-unsaturated/α-hetero) is 1. The number of rotatable bonds is 6. The van der Waals surface area contributed by atoms with Gasteiger partial charge in [0.2, 0.25) is 10.0 Å². The molecule has 0 aliphatic rings. The van der Waals surface area contributed by atoms with Crippen LogP contribution in [0.3, 0.4) is 0 Å². The predicted molar refractivity (Wildman–Crippen MR) is 86.2 cm³/mol. The summed E-state index contributed by atoms with van der Waals surface area (Å²) in [5.74, 6) is 0.00147. The highest BCUT2D eigenvalue weighted by molar-refractivity contribution is 7.89. The molecule has 0 unspecified atom stereocenters. The van der Waals surface area contributed by atoms with Crippen LogP contribution in [-0.2, 0) is 16.6 Å². The Morgan fingerprint density at radius 1 is 1.00 bits per heavy atom. The zero-order valence-electron chi connectivity index (χ0n) is 12.7. The number of carbonyl (C=O) groups excluding carboxylic acids is 1. The molecule has 0 radical (unpaired) electrons. The van der Waals surface area contributed by atoms with Crippen molar-refractivity contribution in [2.24, 2.45) is 0 Å². The highest BCUT2D eigenvalue weighted by atomic mass is 32.2. The van der Waals surface area contributed by atoms with Crippen molar-refractivity contribution in [3.8, 4) is 0 Å². The van der Waals surface area contributed by atoms with Gasteiger partial charge in [-0.05, 0) is 17.7 Å². The first-order chi connectivity index (χ1) is 10.4. The lowest BCUT2D eigenvalue weighted by Gasteiger charge is -2.17. The minimum atomic E-state index is -3.56. The first-order valence-corrected chi connectivity index (χ1v) is 8.52. The predicted octanol–water partition coefficient (Wildman–Crippen LogP) is 3.10. The quantitative estimate of drug-likeness (QED) is 0.769. The molecule has 116 valence electrons. The first-order valence-electron chi connectivity index (χ1n) is 7.08. The minimum Gasteiger partial charge on any atom is -0.294 e. The number of nitrogens with zero attached hydrogens (tertiary/aromatic N) is 1. The normalized spacial score (nSPS) is 11.6. The van der Waals surface area contributed by atoms with Gasteiger partial charge in [0.1, 0.15) is 0 Å². The SMILES string of the molecule is CCC(=O)c1ccc(S(=O)(=O)N(C)Cc2ccccc2)cc1. The van der Waals surface area contributed by atoms with Gasteiger partial charge in [-0.25, -0.2) is 8.42 Å². The van der Waals surface area contributed by atoms with Gasteiger partial charge in [0.05, 0.1) is 4.90 Å². The smallest absolute Gasteiger partial charge is 0.243 e. The average molecular weight is 317 g/mol. The molecule has 0 atom stereocenters. The van der Waals surface area contributed by atoms with Crippen molar-refractivity contribution >= 4 is 15.8 Å². The van der Waals surface area contributed by atoms with Crippen LogP contribution in [-0.4, -0.2) is 25.6 Å². The van der Waals surface area contributed by atoms with Crippen LogP contribution in [0.25, 0.3) is 0 Å². The second-order valence-corrected chi connectivity index (χ2v) is 7.09. The van der Waals surface area contributed by atoms with Gasteiger partial charge >= 0.3 is 0 Å². The van der Waals surface area contributed by atoms with Crippen LogP contribution < -0.4 is 0 Å². The van der Waals surface area contributed by atoms with Gasteiger partial charge in [-0.1, -0.05) is 49.4 Å². The summed E-state index contributed by atoms with van der Waals surface area (Å²) < 4.78 is 26.4. The van der Waals surface area contributed by atoms with Crippen molar-refractivity contribution in [1.82, 2.24) is 4.31 Å². The van der Waals surface area contributed by atoms with Gasteiger partial charge in [-0.15, -0.1) is 0 Å². The summed E-state index contributed by atoms with van der Waals surface area (Å²) in [4.78, 5) is 11.8. The van der Waals surface area contributed by atoms with Crippen molar-refractivity contribution < 1.29 is 13.2 Å². The third kappa shape index (κ3) is 3.61. The molecule has 0 heterocycles. The molecule has 2 rings (SSSR count). The summed E-state index contributed by atoms with van der Waals surface area (Å²) >= 11 is 0. The van der Waals surface area contributed by atoms with E-state index in [1.165, 1.54) is 16.4 Å². The van der Waals surface area contributed by atoms with E-state index in [1.807, 2.05) is 30.3 Å². The van der Waals surface area contributed by atoms with Crippen LogP contribution in [0.15, 0.2) is 59.5 Å². The lowest BCUT2D eigenvalue weighted by atomic mass is 10.1. The number of carbonyl (C=O) groups is 1. The molecule has 0 amide bonds. The Morgan fingerprint density at radius 2 is 1.59 bits per heavy atom. The van der Waals surface area contributed by atoms with E-state index < -0.39 is 10.0 Å². The summed E-state index contributed by atoms with van der Waals surface area (Å²) in [6.45, 7) is 2.08. The number of benzene rings is 2. The maximum Gasteiger partial charge on any atom is 0.243 e. The molecule has 5 heteroatoms. The molecule has 4 nitrogen and oxygen atoms in total. The number of hydrogen-bond donors (Lipinski definition) is 0. The van der Waals surface area contributed by atoms with Crippen molar-refractivity contribution in [1.29, 1.82) is 0 Å². The molecule has 0 aliphatic carbocycles. The molecule has 2 aromatic carbocycles. The highest BCUT2D eigenvalue weighted by Crippen LogP contribution is 2.18. The molecule has 0 spiro atoms. The van der Waals surface area contributed by atoms with Crippen LogP contribution in [0, 0.1) is 0 Å². The van der Waals surface area contributed by atoms with Crippen LogP contribution in [0.1, 0.15) is 29.3 Å². The van der Waals surface area contributed by atoms with E-state index in [2.05, 4.69) is 0 Å². The molecular weight excluding hydrogens is 298 g/mol. The number of sulfonamides is 1. The topological polar surface area (TPSA) is 54.5 Å². The van der Waals surface area contributed by atoms with Gasteiger partial charge in [0.25, 0.3) is 0 Å². The van der Waals surface area contributed by atoms with Gasteiger partial charge in [-0.2, -0.15) is 4.31 Å². The van der Waals surface area contributed by atoms with E-state index in [4.69, 9.17) is 0 Å². The van der Waals surface area contributed by atoms with Crippen LogP contribution in [0.2, 0.25) is 0 Å². The van der Waals surface area contributed by atoms with E-state index in [0.717, 1.165) is 5.56 Å². The Hall–Kier alpha value is -1.98. The summed E-state index contributed by atoms with van der Waals surface area (Å²) in [6.07, 6.45) is 0.403. The zero-order valence-corrected chi connectivity index (χ0v) is 13.5. The zero-order chi connectivity index (χ0) is 16.2. The van der Waals surface area contributed by atoms with E-state index in [0.29, 0.717) is 18.5 Å². The molecule has 22 heavy (non-hydrogen) atoms. The number of hydrogen-bond acceptors (Lipinski definition) is 3. The average Bonchev–Trinajstić information content (AvgIpc) is 2.55. The third-order valence-electron chi connectivity index (χ3n) is 3.45. The molecular formula is C17H19NO3S. The monoisotopic (exact) mass is 317 g/mol. The lowest BCUT2D eigenvalue weighted by molar-refractivity contribution is 0.0988. The van der Waals surface area contributed by atoms with Gasteiger partial charge in [0, 0.05) is 25.6 Å². The Kier molecular flexibility index (Phi) is 5.11. The Morgan fingerprint density at radius 3 is 2.14 bits per heavy atom. The van der Waals surface area contributed by atoms with Gasteiger partial charge < -0.3 is 0 Å². The Bertz CT molecular complexity index is 737. The van der Waals surface area contributed by atoms with E-state index in [1.54, 1.807) is 26.1 Å². The van der Waals surface area contributed by atoms with Crippen LogP contribution in [0.4, 0.5) is 0 Å². The second-order valence-electron chi connectivity index (χ2n) is 5.05. The lowest BCUT2D eigenvalue weighted by Crippen LogP contribution is -2.26. The summed E-state index contributed by atoms with van der Waals surface area (Å²) in [6, 6.07) is 15.5.